The number of nitrogens with two attached hydrogens (primary N) is 2. The molecular weight excluding hydrogens is 306 g/mol. The predicted molar refractivity (Wildman–Crippen MR) is 92.2 cm³/mol. The first kappa shape index (κ1) is 17.5. The molecule has 0 aliphatic carbocycles. The summed E-state index contributed by atoms with van der Waals surface area (Å²) in [7, 11) is 0. The Morgan fingerprint density at radius 3 is 2.33 bits per heavy atom. The summed E-state index contributed by atoms with van der Waals surface area (Å²) in [5, 5.41) is 2.69. The third-order valence-electron chi connectivity index (χ3n) is 3.41. The van der Waals surface area contributed by atoms with Crippen LogP contribution in [0.25, 0.3) is 0 Å². The number of primary amides is 1. The highest BCUT2D eigenvalue weighted by Crippen LogP contribution is 2.17. The second-order valence-corrected chi connectivity index (χ2v) is 5.40. The number of hydrogen-bond donors (Lipinski definition) is 3. The Labute approximate surface area is 140 Å². The fraction of sp³-hybridized carbons (Fsp3) is 0.222. The van der Waals surface area contributed by atoms with Gasteiger partial charge in [0.15, 0.2) is 0 Å². The van der Waals surface area contributed by atoms with Gasteiger partial charge in [0.2, 0.25) is 11.8 Å². The highest BCUT2D eigenvalue weighted by Gasteiger charge is 2.14. The third kappa shape index (κ3) is 5.73. The quantitative estimate of drug-likeness (QED) is 0.687. The number of anilines is 1. The molecule has 1 atom stereocenters. The average molecular weight is 327 g/mol. The number of hydrogen-bond acceptors (Lipinski definition) is 4. The average Bonchev–Trinajstić information content (AvgIpc) is 2.60. The molecule has 2 amide bonds. The molecule has 0 aliphatic rings. The number of amides is 2. The van der Waals surface area contributed by atoms with Crippen molar-refractivity contribution in [1.82, 2.24) is 0 Å². The van der Waals surface area contributed by atoms with E-state index in [0.717, 1.165) is 5.56 Å². The first-order valence-electron chi connectivity index (χ1n) is 7.66. The Kier molecular flexibility index (Phi) is 6.33. The molecule has 0 fully saturated rings. The summed E-state index contributed by atoms with van der Waals surface area (Å²) in [4.78, 5) is 22.6. The molecular formula is C18H21N3O3. The molecule has 0 bridgehead atoms. The number of ether oxygens (including phenoxy) is 1. The van der Waals surface area contributed by atoms with Crippen LogP contribution in [0.3, 0.4) is 0 Å². The van der Waals surface area contributed by atoms with Crippen molar-refractivity contribution in [3.05, 3.63) is 60.2 Å². The third-order valence-corrected chi connectivity index (χ3v) is 3.41. The number of carbonyl (C=O) groups is 2. The van der Waals surface area contributed by atoms with Crippen molar-refractivity contribution in [2.45, 2.75) is 25.5 Å². The van der Waals surface area contributed by atoms with Gasteiger partial charge in [-0.05, 0) is 36.2 Å². The molecule has 0 spiro atoms. The molecule has 2 aromatic rings. The van der Waals surface area contributed by atoms with Gasteiger partial charge in [-0.1, -0.05) is 30.3 Å². The highest BCUT2D eigenvalue weighted by atomic mass is 16.5. The van der Waals surface area contributed by atoms with E-state index in [2.05, 4.69) is 5.32 Å². The van der Waals surface area contributed by atoms with Crippen LogP contribution in [0.4, 0.5) is 5.69 Å². The number of benzene rings is 2. The van der Waals surface area contributed by atoms with E-state index in [1.807, 2.05) is 30.3 Å². The first-order valence-corrected chi connectivity index (χ1v) is 7.66. The largest absolute Gasteiger partial charge is 0.489 e. The SMILES string of the molecule is NC(=O)CC[C@H](N)C(=O)Nc1ccc(OCc2ccccc2)cc1. The van der Waals surface area contributed by atoms with Crippen LogP contribution in [-0.4, -0.2) is 17.9 Å². The zero-order valence-electron chi connectivity index (χ0n) is 13.3. The second-order valence-electron chi connectivity index (χ2n) is 5.40. The normalized spacial score (nSPS) is 11.5. The fourth-order valence-corrected chi connectivity index (χ4v) is 2.04. The second kappa shape index (κ2) is 8.69. The zero-order chi connectivity index (χ0) is 17.4. The monoisotopic (exact) mass is 327 g/mol. The Balaban J connectivity index is 1.83. The van der Waals surface area contributed by atoms with Crippen LogP contribution in [0.15, 0.2) is 54.6 Å². The van der Waals surface area contributed by atoms with Gasteiger partial charge in [-0.2, -0.15) is 0 Å². The van der Waals surface area contributed by atoms with Crippen molar-refractivity contribution in [1.29, 1.82) is 0 Å². The van der Waals surface area contributed by atoms with E-state index in [1.165, 1.54) is 0 Å². The molecule has 6 nitrogen and oxygen atoms in total. The van der Waals surface area contributed by atoms with Crippen molar-refractivity contribution < 1.29 is 14.3 Å². The lowest BCUT2D eigenvalue weighted by Crippen LogP contribution is -2.36. The minimum absolute atomic E-state index is 0.0842. The fourth-order valence-electron chi connectivity index (χ4n) is 2.04. The summed E-state index contributed by atoms with van der Waals surface area (Å²) in [5.41, 5.74) is 12.4. The van der Waals surface area contributed by atoms with Crippen molar-refractivity contribution in [3.8, 4) is 5.75 Å². The molecule has 5 N–H and O–H groups in total. The van der Waals surface area contributed by atoms with Gasteiger partial charge < -0.3 is 21.5 Å². The van der Waals surface area contributed by atoms with Gasteiger partial charge in [0.1, 0.15) is 12.4 Å². The summed E-state index contributed by atoms with van der Waals surface area (Å²) in [5.74, 6) is -0.123. The van der Waals surface area contributed by atoms with Gasteiger partial charge in [-0.25, -0.2) is 0 Å². The summed E-state index contributed by atoms with van der Waals surface area (Å²) in [6, 6.07) is 16.1. The van der Waals surface area contributed by atoms with E-state index in [-0.39, 0.29) is 18.7 Å². The summed E-state index contributed by atoms with van der Waals surface area (Å²) < 4.78 is 5.68. The molecule has 0 saturated heterocycles. The zero-order valence-corrected chi connectivity index (χ0v) is 13.3. The maximum atomic E-state index is 11.9. The number of rotatable bonds is 8. The van der Waals surface area contributed by atoms with Crippen molar-refractivity contribution >= 4 is 17.5 Å². The van der Waals surface area contributed by atoms with Gasteiger partial charge in [0.25, 0.3) is 0 Å². The molecule has 2 rings (SSSR count). The molecule has 24 heavy (non-hydrogen) atoms. The molecule has 0 aromatic heterocycles. The van der Waals surface area contributed by atoms with E-state index >= 15 is 0 Å². The van der Waals surface area contributed by atoms with Crippen LogP contribution in [0.5, 0.6) is 5.75 Å². The van der Waals surface area contributed by atoms with Crippen LogP contribution in [0.2, 0.25) is 0 Å². The number of nitrogens with one attached hydrogen (secondary N) is 1. The molecule has 0 radical (unpaired) electrons. The predicted octanol–water partition coefficient (Wildman–Crippen LogP) is 1.80. The van der Waals surface area contributed by atoms with Crippen LogP contribution in [0.1, 0.15) is 18.4 Å². The van der Waals surface area contributed by atoms with Gasteiger partial charge in [-0.15, -0.1) is 0 Å². The molecule has 0 aliphatic heterocycles. The molecule has 6 heteroatoms. The first-order chi connectivity index (χ1) is 11.5. The Hall–Kier alpha value is -2.86. The maximum Gasteiger partial charge on any atom is 0.241 e. The van der Waals surface area contributed by atoms with Crippen LogP contribution < -0.4 is 21.5 Å². The van der Waals surface area contributed by atoms with Gasteiger partial charge >= 0.3 is 0 Å². The lowest BCUT2D eigenvalue weighted by molar-refractivity contribution is -0.119. The Morgan fingerprint density at radius 2 is 1.71 bits per heavy atom. The lowest BCUT2D eigenvalue weighted by atomic mass is 10.1. The van der Waals surface area contributed by atoms with Gasteiger partial charge in [-0.3, -0.25) is 9.59 Å². The van der Waals surface area contributed by atoms with Gasteiger partial charge in [0, 0.05) is 12.1 Å². The topological polar surface area (TPSA) is 107 Å². The summed E-state index contributed by atoms with van der Waals surface area (Å²) in [6.07, 6.45) is 0.306. The van der Waals surface area contributed by atoms with E-state index < -0.39 is 11.9 Å². The summed E-state index contributed by atoms with van der Waals surface area (Å²) in [6.45, 7) is 0.477. The Morgan fingerprint density at radius 1 is 1.04 bits per heavy atom. The molecule has 0 unspecified atom stereocenters. The van der Waals surface area contributed by atoms with E-state index in [4.69, 9.17) is 16.2 Å². The van der Waals surface area contributed by atoms with Gasteiger partial charge in [0.05, 0.1) is 6.04 Å². The minimum atomic E-state index is -0.772. The minimum Gasteiger partial charge on any atom is -0.489 e. The highest BCUT2D eigenvalue weighted by molar-refractivity contribution is 5.95. The van der Waals surface area contributed by atoms with Crippen molar-refractivity contribution in [2.24, 2.45) is 11.5 Å². The lowest BCUT2D eigenvalue weighted by Gasteiger charge is -2.12. The molecule has 0 saturated carbocycles. The van der Waals surface area contributed by atoms with Crippen LogP contribution >= 0.6 is 0 Å². The van der Waals surface area contributed by atoms with E-state index in [9.17, 15) is 9.59 Å². The molecule has 126 valence electrons. The standard InChI is InChI=1S/C18H21N3O3/c19-16(10-11-17(20)22)18(23)21-14-6-8-15(9-7-14)24-12-13-4-2-1-3-5-13/h1-9,16H,10-12,19H2,(H2,20,22)(H,21,23)/t16-/m0/s1. The van der Waals surface area contributed by atoms with E-state index in [0.29, 0.717) is 18.0 Å². The smallest absolute Gasteiger partial charge is 0.241 e. The molecule has 0 heterocycles. The van der Waals surface area contributed by atoms with Crippen molar-refractivity contribution in [3.63, 3.8) is 0 Å². The maximum absolute atomic E-state index is 11.9. The molecule has 2 aromatic carbocycles. The Bertz CT molecular complexity index is 672. The van der Waals surface area contributed by atoms with Crippen molar-refractivity contribution in [2.75, 3.05) is 5.32 Å². The van der Waals surface area contributed by atoms with Crippen LogP contribution in [0, 0.1) is 0 Å². The number of carbonyl (C=O) groups excluding carboxylic acids is 2. The van der Waals surface area contributed by atoms with E-state index in [1.54, 1.807) is 24.3 Å². The summed E-state index contributed by atoms with van der Waals surface area (Å²) >= 11 is 0. The van der Waals surface area contributed by atoms with Crippen LogP contribution in [-0.2, 0) is 16.2 Å².